The summed E-state index contributed by atoms with van der Waals surface area (Å²) < 4.78 is 38.3. The van der Waals surface area contributed by atoms with Crippen molar-refractivity contribution in [2.75, 3.05) is 54.9 Å². The molecule has 192 valence electrons. The molecule has 0 aromatic carbocycles. The lowest BCUT2D eigenvalue weighted by atomic mass is 9.42. The van der Waals surface area contributed by atoms with Crippen LogP contribution in [0.5, 0.6) is 0 Å². The van der Waals surface area contributed by atoms with E-state index in [0.29, 0.717) is 18.4 Å². The van der Waals surface area contributed by atoms with Crippen LogP contribution in [0.4, 0.5) is 0 Å². The van der Waals surface area contributed by atoms with E-state index in [-0.39, 0.29) is 53.8 Å². The van der Waals surface area contributed by atoms with Crippen molar-refractivity contribution in [3.8, 4) is 0 Å². The summed E-state index contributed by atoms with van der Waals surface area (Å²) in [5.74, 6) is 0.813. The van der Waals surface area contributed by atoms with E-state index in [2.05, 4.69) is 11.8 Å². The van der Waals surface area contributed by atoms with Gasteiger partial charge in [0, 0.05) is 70.0 Å². The molecule has 2 aliphatic heterocycles. The third-order valence-electron chi connectivity index (χ3n) is 12.0. The maximum Gasteiger partial charge on any atom is 0.148 e. The average Bonchev–Trinajstić information content (AvgIpc) is 3.42. The van der Waals surface area contributed by atoms with Crippen LogP contribution in [0.2, 0.25) is 0 Å². The van der Waals surface area contributed by atoms with Gasteiger partial charge in [-0.1, -0.05) is 6.92 Å². The molecule has 8 heteroatoms. The molecular formula is C26H41NO7. The number of piperidine rings is 1. The molecule has 7 aliphatic rings. The summed E-state index contributed by atoms with van der Waals surface area (Å²) in [6.07, 6.45) is 3.20. The van der Waals surface area contributed by atoms with Gasteiger partial charge in [0.1, 0.15) is 18.0 Å². The zero-order valence-corrected chi connectivity index (χ0v) is 21.2. The molecule has 6 unspecified atom stereocenters. The molecule has 7 bridgehead atoms. The zero-order chi connectivity index (χ0) is 23.7. The van der Waals surface area contributed by atoms with Crippen molar-refractivity contribution in [3.05, 3.63) is 0 Å². The van der Waals surface area contributed by atoms with Gasteiger partial charge in [0.05, 0.1) is 37.1 Å². The second-order valence-corrected chi connectivity index (χ2v) is 12.2. The number of likely N-dealkylation sites (tertiary alicyclic amines) is 1. The van der Waals surface area contributed by atoms with E-state index in [1.54, 1.807) is 7.11 Å². The van der Waals surface area contributed by atoms with Crippen LogP contribution in [0.25, 0.3) is 0 Å². The highest BCUT2D eigenvalue weighted by Crippen LogP contribution is 2.82. The molecule has 2 heterocycles. The Morgan fingerprint density at radius 2 is 1.91 bits per heavy atom. The van der Waals surface area contributed by atoms with Gasteiger partial charge in [0.2, 0.25) is 0 Å². The molecule has 3 spiro atoms. The monoisotopic (exact) mass is 479 g/mol. The van der Waals surface area contributed by atoms with E-state index in [9.17, 15) is 5.11 Å². The van der Waals surface area contributed by atoms with Gasteiger partial charge < -0.3 is 33.5 Å². The fourth-order valence-corrected chi connectivity index (χ4v) is 11.7. The number of fused-ring (bicyclic) bond motifs is 1. The Hall–Kier alpha value is -0.320. The largest absolute Gasteiger partial charge is 0.390 e. The van der Waals surface area contributed by atoms with Crippen LogP contribution in [0.3, 0.4) is 0 Å². The third-order valence-corrected chi connectivity index (χ3v) is 12.0. The number of ether oxygens (including phenoxy) is 6. The van der Waals surface area contributed by atoms with Crippen LogP contribution in [0, 0.1) is 34.5 Å². The van der Waals surface area contributed by atoms with Crippen molar-refractivity contribution in [1.82, 2.24) is 4.90 Å². The normalized spacial score (nSPS) is 61.1. The first-order valence-corrected chi connectivity index (χ1v) is 13.2. The summed E-state index contributed by atoms with van der Waals surface area (Å²) in [4.78, 5) is 2.61. The quantitative estimate of drug-likeness (QED) is 0.611. The highest BCUT2D eigenvalue weighted by atomic mass is 16.7. The highest BCUT2D eigenvalue weighted by Gasteiger charge is 2.93. The highest BCUT2D eigenvalue weighted by molar-refractivity contribution is 5.42. The molecule has 5 saturated carbocycles. The summed E-state index contributed by atoms with van der Waals surface area (Å²) in [6.45, 7) is 4.93. The predicted molar refractivity (Wildman–Crippen MR) is 121 cm³/mol. The zero-order valence-electron chi connectivity index (χ0n) is 21.2. The van der Waals surface area contributed by atoms with E-state index < -0.39 is 17.3 Å². The number of nitrogens with zero attached hydrogens (tertiary/aromatic N) is 1. The molecule has 5 aliphatic carbocycles. The Labute approximate surface area is 202 Å². The lowest BCUT2D eigenvalue weighted by molar-refractivity contribution is -0.287. The molecule has 2 saturated heterocycles. The maximum absolute atomic E-state index is 12.6. The van der Waals surface area contributed by atoms with Crippen LogP contribution in [0.1, 0.15) is 32.6 Å². The molecule has 1 N–H and O–H groups in total. The second-order valence-electron chi connectivity index (χ2n) is 12.2. The number of likely N-dealkylation sites (N-methyl/N-ethyl adjacent to an activating group) is 1. The summed E-state index contributed by atoms with van der Waals surface area (Å²) in [5.41, 5.74) is -1.83. The first-order chi connectivity index (χ1) is 16.5. The van der Waals surface area contributed by atoms with Crippen molar-refractivity contribution in [2.45, 2.75) is 74.3 Å². The van der Waals surface area contributed by atoms with Crippen LogP contribution in [-0.4, -0.2) is 107 Å². The van der Waals surface area contributed by atoms with Crippen LogP contribution in [-0.2, 0) is 28.4 Å². The van der Waals surface area contributed by atoms with Gasteiger partial charge in [-0.05, 0) is 31.7 Å². The standard InChI is InChI=1S/C26H41NO7/c1-6-27-11-23(12-29-2)8-7-17(31-4)25-15-9-14-16(30-3)10-24(18(15)19(14)32-5)26(22(25)27,34-13-33-24)21(28)20(23)25/h14-22,28H,6-13H2,1-5H3/t14-,15?,16+,17+,18?,19+,20?,21+,22?,23+,24-,25?,26?/m1/s1. The van der Waals surface area contributed by atoms with Crippen LogP contribution >= 0.6 is 0 Å². The van der Waals surface area contributed by atoms with Crippen LogP contribution < -0.4 is 0 Å². The summed E-state index contributed by atoms with van der Waals surface area (Å²) in [5, 5.41) is 12.6. The van der Waals surface area contributed by atoms with E-state index in [0.717, 1.165) is 38.8 Å². The van der Waals surface area contributed by atoms with Crippen molar-refractivity contribution in [2.24, 2.45) is 34.5 Å². The van der Waals surface area contributed by atoms with Crippen LogP contribution in [0.15, 0.2) is 0 Å². The Kier molecular flexibility index (Phi) is 4.81. The summed E-state index contributed by atoms with van der Waals surface area (Å²) in [7, 11) is 7.32. The minimum absolute atomic E-state index is 0.0240. The number of rotatable bonds is 6. The molecule has 34 heavy (non-hydrogen) atoms. The molecule has 8 nitrogen and oxygen atoms in total. The number of methoxy groups -OCH3 is 4. The minimum Gasteiger partial charge on any atom is -0.390 e. The van der Waals surface area contributed by atoms with E-state index in [1.807, 2.05) is 21.3 Å². The number of aliphatic hydroxyl groups is 1. The van der Waals surface area contributed by atoms with Gasteiger partial charge in [0.25, 0.3) is 0 Å². The van der Waals surface area contributed by atoms with E-state index in [4.69, 9.17) is 28.4 Å². The Morgan fingerprint density at radius 1 is 1.09 bits per heavy atom. The van der Waals surface area contributed by atoms with Crippen molar-refractivity contribution in [1.29, 1.82) is 0 Å². The summed E-state index contributed by atoms with van der Waals surface area (Å²) in [6, 6.07) is 0.0378. The smallest absolute Gasteiger partial charge is 0.148 e. The first kappa shape index (κ1) is 22.8. The van der Waals surface area contributed by atoms with Gasteiger partial charge in [-0.3, -0.25) is 4.90 Å². The number of aliphatic hydroxyl groups excluding tert-OH is 1. The topological polar surface area (TPSA) is 78.9 Å². The Morgan fingerprint density at radius 3 is 2.59 bits per heavy atom. The lowest BCUT2D eigenvalue weighted by Gasteiger charge is -2.70. The SMILES string of the molecule is CCN1C[C@]2(COC)CC[C@H](OC)C34C5C[C@@H]6[C@@H](OC)C[C@@]7(OCOC7(C13)[C@@H](O)C42)C5[C@H]6OC. The van der Waals surface area contributed by atoms with Gasteiger partial charge in [-0.2, -0.15) is 0 Å². The summed E-state index contributed by atoms with van der Waals surface area (Å²) >= 11 is 0. The van der Waals surface area contributed by atoms with Crippen molar-refractivity contribution < 1.29 is 33.5 Å². The first-order valence-electron chi connectivity index (χ1n) is 13.2. The minimum atomic E-state index is -0.825. The average molecular weight is 480 g/mol. The third kappa shape index (κ3) is 2.05. The molecule has 0 aromatic rings. The molecule has 0 radical (unpaired) electrons. The van der Waals surface area contributed by atoms with Gasteiger partial charge >= 0.3 is 0 Å². The fourth-order valence-electron chi connectivity index (χ4n) is 11.7. The molecule has 0 amide bonds. The second kappa shape index (κ2) is 7.16. The van der Waals surface area contributed by atoms with Crippen molar-refractivity contribution >= 4 is 0 Å². The predicted octanol–water partition coefficient (Wildman–Crippen LogP) is 1.29. The molecule has 0 aromatic heterocycles. The molecule has 7 rings (SSSR count). The fraction of sp³-hybridized carbons (Fsp3) is 1.00. The van der Waals surface area contributed by atoms with Gasteiger partial charge in [-0.15, -0.1) is 0 Å². The Bertz CT molecular complexity index is 859. The number of hydrogen-bond acceptors (Lipinski definition) is 8. The number of hydrogen-bond donors (Lipinski definition) is 1. The molecule has 7 fully saturated rings. The van der Waals surface area contributed by atoms with E-state index >= 15 is 0 Å². The molecular weight excluding hydrogens is 438 g/mol. The lowest BCUT2D eigenvalue weighted by Crippen LogP contribution is -2.81. The van der Waals surface area contributed by atoms with Gasteiger partial charge in [-0.25, -0.2) is 0 Å². The van der Waals surface area contributed by atoms with E-state index in [1.165, 1.54) is 0 Å². The molecule has 13 atom stereocenters. The maximum atomic E-state index is 12.6. The van der Waals surface area contributed by atoms with Crippen molar-refractivity contribution in [3.63, 3.8) is 0 Å². The van der Waals surface area contributed by atoms with Gasteiger partial charge in [0.15, 0.2) is 0 Å². The Balaban J connectivity index is 1.55.